The number of rotatable bonds is 7. The Kier molecular flexibility index (Phi) is 6.43. The van der Waals surface area contributed by atoms with E-state index >= 15 is 0 Å². The van der Waals surface area contributed by atoms with E-state index in [0.29, 0.717) is 12.6 Å². The maximum Gasteiger partial charge on any atom is 0.178 e. The Labute approximate surface area is 179 Å². The lowest BCUT2D eigenvalue weighted by Crippen LogP contribution is -2.36. The molecule has 5 heteroatoms. The number of ketones is 1. The number of hydrogen-bond donors (Lipinski definition) is 0. The van der Waals surface area contributed by atoms with Crippen molar-refractivity contribution in [2.45, 2.75) is 52.1 Å². The quantitative estimate of drug-likeness (QED) is 0.631. The number of benzene rings is 1. The summed E-state index contributed by atoms with van der Waals surface area (Å²) >= 11 is 5.98. The zero-order valence-electron chi connectivity index (χ0n) is 17.7. The second-order valence-corrected chi connectivity index (χ2v) is 9.09. The molecule has 0 aliphatic carbocycles. The van der Waals surface area contributed by atoms with Crippen LogP contribution in [0.3, 0.4) is 0 Å². The summed E-state index contributed by atoms with van der Waals surface area (Å²) in [6.45, 7) is 10.2. The molecule has 4 rings (SSSR count). The molecule has 4 nitrogen and oxygen atoms in total. The van der Waals surface area contributed by atoms with Gasteiger partial charge in [-0.2, -0.15) is 0 Å². The highest BCUT2D eigenvalue weighted by atomic mass is 35.5. The van der Waals surface area contributed by atoms with Crippen molar-refractivity contribution in [1.82, 2.24) is 14.4 Å². The first-order chi connectivity index (χ1) is 14.0. The molecule has 0 N–H and O–H groups in total. The number of likely N-dealkylation sites (tertiary alicyclic amines) is 2. The molecular formula is C24H32ClN3O. The van der Waals surface area contributed by atoms with Crippen LogP contribution >= 0.6 is 11.6 Å². The molecule has 1 aromatic carbocycles. The molecule has 2 aliphatic rings. The Morgan fingerprint density at radius 3 is 2.55 bits per heavy atom. The van der Waals surface area contributed by atoms with Crippen LogP contribution < -0.4 is 0 Å². The second-order valence-electron chi connectivity index (χ2n) is 8.66. The summed E-state index contributed by atoms with van der Waals surface area (Å²) in [6.07, 6.45) is 4.80. The molecule has 1 atom stereocenters. The minimum absolute atomic E-state index is 0.262. The normalized spacial score (nSPS) is 20.6. The van der Waals surface area contributed by atoms with Gasteiger partial charge in [-0.1, -0.05) is 23.7 Å². The van der Waals surface area contributed by atoms with E-state index in [-0.39, 0.29) is 5.78 Å². The Bertz CT molecular complexity index is 852. The largest absolute Gasteiger partial charge is 0.348 e. The van der Waals surface area contributed by atoms with Gasteiger partial charge in [0.2, 0.25) is 0 Å². The molecule has 2 aliphatic heterocycles. The predicted octanol–water partition coefficient (Wildman–Crippen LogP) is 4.35. The second kappa shape index (κ2) is 9.03. The van der Waals surface area contributed by atoms with Crippen molar-refractivity contribution >= 4 is 17.4 Å². The summed E-state index contributed by atoms with van der Waals surface area (Å²) in [5.41, 5.74) is 4.41. The van der Waals surface area contributed by atoms with Gasteiger partial charge in [0.25, 0.3) is 0 Å². The number of aromatic nitrogens is 1. The highest BCUT2D eigenvalue weighted by Gasteiger charge is 2.30. The molecular weight excluding hydrogens is 382 g/mol. The van der Waals surface area contributed by atoms with E-state index in [9.17, 15) is 4.79 Å². The number of carbonyl (C=O) groups is 1. The van der Waals surface area contributed by atoms with E-state index in [1.54, 1.807) is 0 Å². The number of carbonyl (C=O) groups excluding carboxylic acids is 1. The molecule has 1 unspecified atom stereocenters. The number of hydrogen-bond acceptors (Lipinski definition) is 3. The monoisotopic (exact) mass is 413 g/mol. The smallest absolute Gasteiger partial charge is 0.178 e. The zero-order valence-corrected chi connectivity index (χ0v) is 18.4. The summed E-state index contributed by atoms with van der Waals surface area (Å²) in [6, 6.07) is 10.8. The minimum atomic E-state index is 0.262. The molecule has 0 saturated carbocycles. The van der Waals surface area contributed by atoms with Crippen LogP contribution in [0.5, 0.6) is 0 Å². The summed E-state index contributed by atoms with van der Waals surface area (Å²) in [5.74, 6) is 0.262. The maximum atomic E-state index is 13.0. The Morgan fingerprint density at radius 2 is 1.83 bits per heavy atom. The lowest BCUT2D eigenvalue weighted by molar-refractivity contribution is 0.0939. The zero-order chi connectivity index (χ0) is 20.4. The first-order valence-electron chi connectivity index (χ1n) is 10.9. The van der Waals surface area contributed by atoms with Gasteiger partial charge in [-0.15, -0.1) is 0 Å². The van der Waals surface area contributed by atoms with Crippen molar-refractivity contribution < 1.29 is 4.79 Å². The molecule has 29 heavy (non-hydrogen) atoms. The summed E-state index contributed by atoms with van der Waals surface area (Å²) in [7, 11) is 0. The molecule has 2 fully saturated rings. The van der Waals surface area contributed by atoms with E-state index in [4.69, 9.17) is 11.6 Å². The van der Waals surface area contributed by atoms with Crippen molar-refractivity contribution in [3.63, 3.8) is 0 Å². The van der Waals surface area contributed by atoms with E-state index in [1.807, 2.05) is 12.1 Å². The molecule has 0 amide bonds. The van der Waals surface area contributed by atoms with Crippen LogP contribution in [0.2, 0.25) is 5.02 Å². The number of halogens is 1. The Morgan fingerprint density at radius 1 is 1.10 bits per heavy atom. The van der Waals surface area contributed by atoms with Gasteiger partial charge in [0.05, 0.1) is 6.54 Å². The van der Waals surface area contributed by atoms with Crippen molar-refractivity contribution in [2.75, 3.05) is 32.7 Å². The third-order valence-corrected chi connectivity index (χ3v) is 6.94. The number of Topliss-reactive ketones (excluding diaryl/α,β-unsaturated/α-hetero) is 1. The van der Waals surface area contributed by atoms with Crippen LogP contribution in [-0.4, -0.2) is 58.9 Å². The van der Waals surface area contributed by atoms with Crippen LogP contribution in [0.25, 0.3) is 0 Å². The fraction of sp³-hybridized carbons (Fsp3) is 0.542. The van der Waals surface area contributed by atoms with Crippen LogP contribution in [0.4, 0.5) is 0 Å². The molecule has 0 spiro atoms. The Balaban J connectivity index is 1.36. The number of nitrogens with zero attached hydrogens (tertiary/aromatic N) is 3. The van der Waals surface area contributed by atoms with Gasteiger partial charge in [-0.05, 0) is 76.4 Å². The fourth-order valence-electron chi connectivity index (χ4n) is 4.97. The standard InChI is InChI=1S/C24H32ClN3O/c1-18-15-23(19(2)28(18)14-9-20-5-7-21(25)8-6-20)24(29)17-26-13-10-22(16-26)27-11-3-4-12-27/h5-8,15,22H,3-4,9-14,16-17H2,1-2H3. The highest BCUT2D eigenvalue weighted by molar-refractivity contribution is 6.30. The van der Waals surface area contributed by atoms with E-state index in [0.717, 1.165) is 48.0 Å². The predicted molar refractivity (Wildman–Crippen MR) is 119 cm³/mol. The molecule has 1 aromatic heterocycles. The first kappa shape index (κ1) is 20.6. The Hall–Kier alpha value is -1.62. The van der Waals surface area contributed by atoms with Crippen molar-refractivity contribution in [1.29, 1.82) is 0 Å². The van der Waals surface area contributed by atoms with Gasteiger partial charge < -0.3 is 4.57 Å². The minimum Gasteiger partial charge on any atom is -0.348 e. The van der Waals surface area contributed by atoms with Crippen LogP contribution in [0.15, 0.2) is 30.3 Å². The molecule has 3 heterocycles. The third kappa shape index (κ3) is 4.76. The molecule has 156 valence electrons. The van der Waals surface area contributed by atoms with Gasteiger partial charge in [-0.3, -0.25) is 14.6 Å². The highest BCUT2D eigenvalue weighted by Crippen LogP contribution is 2.22. The lowest BCUT2D eigenvalue weighted by atomic mass is 10.1. The van der Waals surface area contributed by atoms with E-state index < -0.39 is 0 Å². The van der Waals surface area contributed by atoms with Crippen LogP contribution in [0, 0.1) is 13.8 Å². The van der Waals surface area contributed by atoms with E-state index in [1.165, 1.54) is 37.9 Å². The van der Waals surface area contributed by atoms with Crippen molar-refractivity contribution in [3.8, 4) is 0 Å². The molecule has 2 saturated heterocycles. The SMILES string of the molecule is Cc1cc(C(=O)CN2CCC(N3CCCC3)C2)c(C)n1CCc1ccc(Cl)cc1. The summed E-state index contributed by atoms with van der Waals surface area (Å²) in [4.78, 5) is 18.0. The summed E-state index contributed by atoms with van der Waals surface area (Å²) < 4.78 is 2.28. The van der Waals surface area contributed by atoms with Crippen LogP contribution in [-0.2, 0) is 13.0 Å². The van der Waals surface area contributed by atoms with Gasteiger partial charge in [-0.25, -0.2) is 0 Å². The third-order valence-electron chi connectivity index (χ3n) is 6.68. The molecule has 0 radical (unpaired) electrons. The molecule has 0 bridgehead atoms. The lowest BCUT2D eigenvalue weighted by Gasteiger charge is -2.23. The van der Waals surface area contributed by atoms with Gasteiger partial charge >= 0.3 is 0 Å². The first-order valence-corrected chi connectivity index (χ1v) is 11.3. The van der Waals surface area contributed by atoms with Gasteiger partial charge in [0.15, 0.2) is 5.78 Å². The maximum absolute atomic E-state index is 13.0. The van der Waals surface area contributed by atoms with E-state index in [2.05, 4.69) is 46.4 Å². The topological polar surface area (TPSA) is 28.5 Å². The van der Waals surface area contributed by atoms with Gasteiger partial charge in [0.1, 0.15) is 0 Å². The number of aryl methyl sites for hydroxylation is 2. The van der Waals surface area contributed by atoms with Crippen molar-refractivity contribution in [3.05, 3.63) is 57.9 Å². The molecule has 2 aromatic rings. The van der Waals surface area contributed by atoms with Crippen molar-refractivity contribution in [2.24, 2.45) is 0 Å². The summed E-state index contributed by atoms with van der Waals surface area (Å²) in [5, 5.41) is 0.767. The fourth-order valence-corrected chi connectivity index (χ4v) is 5.09. The average Bonchev–Trinajstić information content (AvgIpc) is 3.43. The van der Waals surface area contributed by atoms with Crippen LogP contribution in [0.1, 0.15) is 46.6 Å². The average molecular weight is 414 g/mol. The van der Waals surface area contributed by atoms with Gasteiger partial charge in [0, 0.05) is 47.7 Å².